The molecular weight excluding hydrogens is 292 g/mol. The molecule has 1 aromatic carbocycles. The Kier molecular flexibility index (Phi) is 4.05. The summed E-state index contributed by atoms with van der Waals surface area (Å²) >= 11 is 0. The van der Waals surface area contributed by atoms with Gasteiger partial charge in [-0.15, -0.1) is 0 Å². The molecule has 2 aliphatic rings. The van der Waals surface area contributed by atoms with E-state index in [1.54, 1.807) is 22.5 Å². The first-order valence-corrected chi connectivity index (χ1v) is 8.65. The molecule has 3 rings (SSSR count). The molecule has 0 spiro atoms. The quantitative estimate of drug-likeness (QED) is 0.876. The van der Waals surface area contributed by atoms with Crippen LogP contribution in [0.1, 0.15) is 13.3 Å². The fourth-order valence-electron chi connectivity index (χ4n) is 2.62. The van der Waals surface area contributed by atoms with Crippen LogP contribution in [-0.4, -0.2) is 51.6 Å². The van der Waals surface area contributed by atoms with Crippen LogP contribution in [0.4, 0.5) is 0 Å². The molecule has 21 heavy (non-hydrogen) atoms. The fourth-order valence-corrected chi connectivity index (χ4v) is 4.27. The van der Waals surface area contributed by atoms with E-state index in [9.17, 15) is 8.42 Å². The van der Waals surface area contributed by atoms with Crippen molar-refractivity contribution in [1.29, 1.82) is 0 Å². The summed E-state index contributed by atoms with van der Waals surface area (Å²) in [5, 5.41) is 3.20. The third-order valence-electron chi connectivity index (χ3n) is 3.77. The molecule has 0 saturated carbocycles. The van der Waals surface area contributed by atoms with Crippen molar-refractivity contribution < 1.29 is 17.9 Å². The number of benzene rings is 1. The average Bonchev–Trinajstić information content (AvgIpc) is 2.72. The van der Waals surface area contributed by atoms with Crippen molar-refractivity contribution in [2.75, 3.05) is 32.8 Å². The first-order chi connectivity index (χ1) is 10.1. The summed E-state index contributed by atoms with van der Waals surface area (Å²) in [4.78, 5) is 0.264. The summed E-state index contributed by atoms with van der Waals surface area (Å²) in [6.07, 6.45) is 0.797. The number of rotatable bonds is 2. The van der Waals surface area contributed by atoms with Crippen LogP contribution < -0.4 is 14.8 Å². The van der Waals surface area contributed by atoms with E-state index in [-0.39, 0.29) is 10.9 Å². The number of nitrogens with one attached hydrogen (secondary N) is 1. The maximum Gasteiger partial charge on any atom is 0.243 e. The molecule has 0 aromatic heterocycles. The van der Waals surface area contributed by atoms with Gasteiger partial charge in [0.25, 0.3) is 0 Å². The Morgan fingerprint density at radius 1 is 1.24 bits per heavy atom. The van der Waals surface area contributed by atoms with Crippen LogP contribution in [0.15, 0.2) is 23.1 Å². The van der Waals surface area contributed by atoms with Crippen LogP contribution in [0.3, 0.4) is 0 Å². The third-order valence-corrected chi connectivity index (χ3v) is 5.78. The van der Waals surface area contributed by atoms with Gasteiger partial charge in [-0.05, 0) is 19.1 Å². The molecule has 2 aliphatic heterocycles. The number of hydrogen-bond donors (Lipinski definition) is 1. The topological polar surface area (TPSA) is 67.9 Å². The van der Waals surface area contributed by atoms with Crippen LogP contribution >= 0.6 is 0 Å². The molecule has 7 heteroatoms. The third kappa shape index (κ3) is 2.86. The average molecular weight is 312 g/mol. The number of sulfonamides is 1. The smallest absolute Gasteiger partial charge is 0.243 e. The molecule has 1 N–H and O–H groups in total. The molecule has 1 saturated heterocycles. The summed E-state index contributed by atoms with van der Waals surface area (Å²) < 4.78 is 38.2. The summed E-state index contributed by atoms with van der Waals surface area (Å²) in [6.45, 7) is 4.87. The molecule has 6 nitrogen and oxygen atoms in total. The second-order valence-corrected chi connectivity index (χ2v) is 7.22. The van der Waals surface area contributed by atoms with Crippen LogP contribution in [0.25, 0.3) is 0 Å². The predicted molar refractivity (Wildman–Crippen MR) is 78.3 cm³/mol. The highest BCUT2D eigenvalue weighted by molar-refractivity contribution is 7.89. The Labute approximate surface area is 125 Å². The van der Waals surface area contributed by atoms with Crippen molar-refractivity contribution >= 4 is 10.0 Å². The fraction of sp³-hybridized carbons (Fsp3) is 0.571. The van der Waals surface area contributed by atoms with Crippen LogP contribution in [0.5, 0.6) is 11.5 Å². The first kappa shape index (κ1) is 14.6. The highest BCUT2D eigenvalue weighted by Crippen LogP contribution is 2.33. The number of piperazine rings is 1. The van der Waals surface area contributed by atoms with Crippen molar-refractivity contribution in [3.63, 3.8) is 0 Å². The molecule has 1 atom stereocenters. The van der Waals surface area contributed by atoms with E-state index in [1.165, 1.54) is 0 Å². The minimum Gasteiger partial charge on any atom is -0.490 e. The van der Waals surface area contributed by atoms with Gasteiger partial charge in [0, 0.05) is 38.2 Å². The lowest BCUT2D eigenvalue weighted by Gasteiger charge is -2.32. The Morgan fingerprint density at radius 2 is 2.00 bits per heavy atom. The van der Waals surface area contributed by atoms with Gasteiger partial charge in [-0.25, -0.2) is 8.42 Å². The standard InChI is InChI=1S/C14H20N2O4S/c1-11-10-15-5-6-16(11)21(17,18)12-3-4-13-14(9-12)20-8-2-7-19-13/h3-4,9,11,15H,2,5-8,10H2,1H3. The predicted octanol–water partition coefficient (Wildman–Crippen LogP) is 0.830. The van der Waals surface area contributed by atoms with Gasteiger partial charge in [0.2, 0.25) is 10.0 Å². The van der Waals surface area contributed by atoms with E-state index in [4.69, 9.17) is 9.47 Å². The van der Waals surface area contributed by atoms with Crippen LogP contribution in [-0.2, 0) is 10.0 Å². The summed E-state index contributed by atoms with van der Waals surface area (Å²) in [7, 11) is -3.50. The number of ether oxygens (including phenoxy) is 2. The van der Waals surface area contributed by atoms with Gasteiger partial charge < -0.3 is 14.8 Å². The number of nitrogens with zero attached hydrogens (tertiary/aromatic N) is 1. The van der Waals surface area contributed by atoms with E-state index in [0.717, 1.165) is 6.42 Å². The lowest BCUT2D eigenvalue weighted by Crippen LogP contribution is -2.52. The lowest BCUT2D eigenvalue weighted by atomic mass is 10.3. The summed E-state index contributed by atoms with van der Waals surface area (Å²) in [5.41, 5.74) is 0. The largest absolute Gasteiger partial charge is 0.490 e. The zero-order valence-electron chi connectivity index (χ0n) is 12.0. The zero-order chi connectivity index (χ0) is 14.9. The van der Waals surface area contributed by atoms with Gasteiger partial charge in [-0.1, -0.05) is 0 Å². The van der Waals surface area contributed by atoms with E-state index in [2.05, 4.69) is 5.32 Å². The SMILES string of the molecule is CC1CNCCN1S(=O)(=O)c1ccc2c(c1)OCCCO2. The molecule has 2 heterocycles. The summed E-state index contributed by atoms with van der Waals surface area (Å²) in [6, 6.07) is 4.79. The van der Waals surface area contributed by atoms with Gasteiger partial charge in [0.15, 0.2) is 11.5 Å². The number of hydrogen-bond acceptors (Lipinski definition) is 5. The van der Waals surface area contributed by atoms with E-state index in [0.29, 0.717) is 44.3 Å². The molecule has 116 valence electrons. The molecule has 0 aliphatic carbocycles. The molecular formula is C14H20N2O4S. The van der Waals surface area contributed by atoms with E-state index < -0.39 is 10.0 Å². The van der Waals surface area contributed by atoms with Crippen LogP contribution in [0.2, 0.25) is 0 Å². The van der Waals surface area contributed by atoms with Gasteiger partial charge in [0.05, 0.1) is 18.1 Å². The van der Waals surface area contributed by atoms with Gasteiger partial charge in [-0.2, -0.15) is 4.31 Å². The highest BCUT2D eigenvalue weighted by atomic mass is 32.2. The molecule has 0 radical (unpaired) electrons. The Hall–Kier alpha value is -1.31. The van der Waals surface area contributed by atoms with Gasteiger partial charge in [0.1, 0.15) is 0 Å². The normalized spacial score (nSPS) is 23.6. The van der Waals surface area contributed by atoms with Crippen molar-refractivity contribution in [1.82, 2.24) is 9.62 Å². The maximum absolute atomic E-state index is 12.8. The maximum atomic E-state index is 12.8. The van der Waals surface area contributed by atoms with Gasteiger partial charge in [-0.3, -0.25) is 0 Å². The Balaban J connectivity index is 1.93. The van der Waals surface area contributed by atoms with E-state index >= 15 is 0 Å². The molecule has 1 aromatic rings. The van der Waals surface area contributed by atoms with Gasteiger partial charge >= 0.3 is 0 Å². The highest BCUT2D eigenvalue weighted by Gasteiger charge is 2.31. The first-order valence-electron chi connectivity index (χ1n) is 7.21. The second kappa shape index (κ2) is 5.82. The number of fused-ring (bicyclic) bond motifs is 1. The van der Waals surface area contributed by atoms with E-state index in [1.807, 2.05) is 6.92 Å². The van der Waals surface area contributed by atoms with Crippen molar-refractivity contribution in [2.24, 2.45) is 0 Å². The Morgan fingerprint density at radius 3 is 2.76 bits per heavy atom. The zero-order valence-corrected chi connectivity index (χ0v) is 12.9. The molecule has 0 amide bonds. The van der Waals surface area contributed by atoms with Crippen molar-refractivity contribution in [3.8, 4) is 11.5 Å². The second-order valence-electron chi connectivity index (χ2n) is 5.33. The lowest BCUT2D eigenvalue weighted by molar-refractivity contribution is 0.283. The van der Waals surface area contributed by atoms with Crippen LogP contribution in [0, 0.1) is 0 Å². The Bertz CT molecular complexity index is 617. The summed E-state index contributed by atoms with van der Waals surface area (Å²) in [5.74, 6) is 1.12. The minimum absolute atomic E-state index is 0.0558. The van der Waals surface area contributed by atoms with Crippen molar-refractivity contribution in [3.05, 3.63) is 18.2 Å². The monoisotopic (exact) mass is 312 g/mol. The molecule has 0 bridgehead atoms. The molecule has 1 fully saturated rings. The van der Waals surface area contributed by atoms with Crippen molar-refractivity contribution in [2.45, 2.75) is 24.3 Å². The molecule has 1 unspecified atom stereocenters. The minimum atomic E-state index is -3.50.